The minimum absolute atomic E-state index is 0.0955. The molecular weight excluding hydrogens is 322 g/mol. The second kappa shape index (κ2) is 7.62. The number of carbonyl (C=O) groups is 1. The largest absolute Gasteiger partial charge is 0.493 e. The standard InChI is InChI=1S/C15H17NO4S2/c1-18-7-6-16-14(17)13(22-15(16)21)9-10-4-5-11(19-2)12(8-10)20-3/h4-5,8-9H,6-7H2,1-3H3/b13-9+. The number of methoxy groups -OCH3 is 3. The van der Waals surface area contributed by atoms with Gasteiger partial charge in [-0.3, -0.25) is 9.69 Å². The number of rotatable bonds is 6. The lowest BCUT2D eigenvalue weighted by molar-refractivity contribution is -0.122. The molecule has 1 heterocycles. The number of hydrogen-bond acceptors (Lipinski definition) is 6. The predicted octanol–water partition coefficient (Wildman–Crippen LogP) is 2.55. The van der Waals surface area contributed by atoms with Gasteiger partial charge in [0, 0.05) is 7.11 Å². The third kappa shape index (κ3) is 3.60. The van der Waals surface area contributed by atoms with Crippen LogP contribution in [0.3, 0.4) is 0 Å². The van der Waals surface area contributed by atoms with Crippen LogP contribution in [-0.2, 0) is 9.53 Å². The van der Waals surface area contributed by atoms with E-state index in [1.54, 1.807) is 38.4 Å². The van der Waals surface area contributed by atoms with Crippen LogP contribution < -0.4 is 9.47 Å². The number of ether oxygens (including phenoxy) is 3. The monoisotopic (exact) mass is 339 g/mol. The zero-order chi connectivity index (χ0) is 16.1. The van der Waals surface area contributed by atoms with E-state index in [0.29, 0.717) is 33.9 Å². The molecule has 118 valence electrons. The van der Waals surface area contributed by atoms with Gasteiger partial charge in [-0.1, -0.05) is 30.0 Å². The third-order valence-electron chi connectivity index (χ3n) is 3.10. The zero-order valence-corrected chi connectivity index (χ0v) is 14.3. The maximum Gasteiger partial charge on any atom is 0.266 e. The van der Waals surface area contributed by atoms with Gasteiger partial charge in [0.1, 0.15) is 4.32 Å². The molecule has 0 atom stereocenters. The summed E-state index contributed by atoms with van der Waals surface area (Å²) in [4.78, 5) is 14.5. The number of carbonyl (C=O) groups excluding carboxylic acids is 1. The van der Waals surface area contributed by atoms with Crippen LogP contribution in [0.15, 0.2) is 23.1 Å². The summed E-state index contributed by atoms with van der Waals surface area (Å²) < 4.78 is 16.0. The van der Waals surface area contributed by atoms with Crippen LogP contribution in [0.5, 0.6) is 11.5 Å². The molecule has 0 aliphatic carbocycles. The van der Waals surface area contributed by atoms with E-state index in [9.17, 15) is 4.79 Å². The predicted molar refractivity (Wildman–Crippen MR) is 91.3 cm³/mol. The van der Waals surface area contributed by atoms with Crippen molar-refractivity contribution in [3.05, 3.63) is 28.7 Å². The maximum absolute atomic E-state index is 12.3. The summed E-state index contributed by atoms with van der Waals surface area (Å²) in [6.45, 7) is 0.917. The highest BCUT2D eigenvalue weighted by Gasteiger charge is 2.31. The van der Waals surface area contributed by atoms with Gasteiger partial charge in [-0.15, -0.1) is 0 Å². The fourth-order valence-electron chi connectivity index (χ4n) is 1.97. The molecule has 0 radical (unpaired) electrons. The van der Waals surface area contributed by atoms with E-state index in [-0.39, 0.29) is 5.91 Å². The molecule has 22 heavy (non-hydrogen) atoms. The van der Waals surface area contributed by atoms with Crippen molar-refractivity contribution in [1.82, 2.24) is 4.90 Å². The second-order valence-electron chi connectivity index (χ2n) is 4.44. The molecule has 0 saturated carbocycles. The minimum atomic E-state index is -0.0955. The van der Waals surface area contributed by atoms with E-state index in [1.807, 2.05) is 12.1 Å². The lowest BCUT2D eigenvalue weighted by Crippen LogP contribution is -2.31. The lowest BCUT2D eigenvalue weighted by atomic mass is 10.2. The van der Waals surface area contributed by atoms with Crippen molar-refractivity contribution in [3.63, 3.8) is 0 Å². The first kappa shape index (κ1) is 16.8. The van der Waals surface area contributed by atoms with Crippen molar-refractivity contribution >= 4 is 40.3 Å². The molecule has 1 saturated heterocycles. The van der Waals surface area contributed by atoms with Crippen LogP contribution in [-0.4, -0.2) is 49.6 Å². The van der Waals surface area contributed by atoms with Gasteiger partial charge >= 0.3 is 0 Å². The lowest BCUT2D eigenvalue weighted by Gasteiger charge is -2.13. The van der Waals surface area contributed by atoms with E-state index >= 15 is 0 Å². The van der Waals surface area contributed by atoms with Gasteiger partial charge in [0.25, 0.3) is 5.91 Å². The Bertz CT molecular complexity index is 616. The molecule has 1 aliphatic rings. The van der Waals surface area contributed by atoms with Gasteiger partial charge in [0.2, 0.25) is 0 Å². The first-order valence-electron chi connectivity index (χ1n) is 6.57. The van der Waals surface area contributed by atoms with Crippen LogP contribution in [0.1, 0.15) is 5.56 Å². The number of hydrogen-bond donors (Lipinski definition) is 0. The molecule has 5 nitrogen and oxygen atoms in total. The van der Waals surface area contributed by atoms with Gasteiger partial charge in [-0.05, 0) is 23.8 Å². The van der Waals surface area contributed by atoms with Crippen LogP contribution in [0, 0.1) is 0 Å². The highest BCUT2D eigenvalue weighted by Crippen LogP contribution is 2.34. The summed E-state index contributed by atoms with van der Waals surface area (Å²) in [6.07, 6.45) is 1.80. The Kier molecular flexibility index (Phi) is 5.82. The Labute approximate surface area is 139 Å². The Morgan fingerprint density at radius 2 is 1.95 bits per heavy atom. The molecule has 1 amide bonds. The number of amides is 1. The number of nitrogens with zero attached hydrogens (tertiary/aromatic N) is 1. The first-order chi connectivity index (χ1) is 10.6. The van der Waals surface area contributed by atoms with E-state index in [2.05, 4.69) is 0 Å². The van der Waals surface area contributed by atoms with Gasteiger partial charge < -0.3 is 14.2 Å². The molecule has 1 aromatic carbocycles. The van der Waals surface area contributed by atoms with Crippen molar-refractivity contribution in [2.24, 2.45) is 0 Å². The van der Waals surface area contributed by atoms with E-state index < -0.39 is 0 Å². The smallest absolute Gasteiger partial charge is 0.266 e. The Morgan fingerprint density at radius 1 is 1.23 bits per heavy atom. The Hall–Kier alpha value is -1.57. The van der Waals surface area contributed by atoms with Gasteiger partial charge in [0.05, 0.1) is 32.3 Å². The number of thiocarbonyl (C=S) groups is 1. The second-order valence-corrected chi connectivity index (χ2v) is 6.12. The van der Waals surface area contributed by atoms with Gasteiger partial charge in [-0.25, -0.2) is 0 Å². The number of thioether (sulfide) groups is 1. The summed E-state index contributed by atoms with van der Waals surface area (Å²) in [5, 5.41) is 0. The SMILES string of the molecule is COCCN1C(=O)/C(=C\c2ccc(OC)c(OC)c2)SC1=S. The molecule has 0 spiro atoms. The summed E-state index contributed by atoms with van der Waals surface area (Å²) in [5.41, 5.74) is 0.852. The van der Waals surface area contributed by atoms with Gasteiger partial charge in [-0.2, -0.15) is 0 Å². The molecular formula is C15H17NO4S2. The maximum atomic E-state index is 12.3. The molecule has 0 unspecified atom stereocenters. The quantitative estimate of drug-likeness (QED) is 0.586. The normalized spacial score (nSPS) is 16.5. The molecule has 1 aromatic rings. The Morgan fingerprint density at radius 3 is 2.59 bits per heavy atom. The van der Waals surface area contributed by atoms with Crippen molar-refractivity contribution in [2.45, 2.75) is 0 Å². The van der Waals surface area contributed by atoms with Crippen molar-refractivity contribution in [1.29, 1.82) is 0 Å². The van der Waals surface area contributed by atoms with Crippen molar-refractivity contribution in [2.75, 3.05) is 34.5 Å². The molecule has 2 rings (SSSR count). The summed E-state index contributed by atoms with van der Waals surface area (Å²) in [7, 11) is 4.75. The summed E-state index contributed by atoms with van der Waals surface area (Å²) in [5.74, 6) is 1.17. The van der Waals surface area contributed by atoms with E-state index in [1.165, 1.54) is 11.8 Å². The molecule has 1 fully saturated rings. The molecule has 1 aliphatic heterocycles. The summed E-state index contributed by atoms with van der Waals surface area (Å²) >= 11 is 6.53. The highest BCUT2D eigenvalue weighted by molar-refractivity contribution is 8.26. The third-order valence-corrected chi connectivity index (χ3v) is 4.48. The Balaban J connectivity index is 2.23. The minimum Gasteiger partial charge on any atom is -0.493 e. The average molecular weight is 339 g/mol. The molecule has 0 N–H and O–H groups in total. The van der Waals surface area contributed by atoms with E-state index in [4.69, 9.17) is 26.4 Å². The molecule has 0 bridgehead atoms. The van der Waals surface area contributed by atoms with Crippen LogP contribution in [0.4, 0.5) is 0 Å². The fraction of sp³-hybridized carbons (Fsp3) is 0.333. The van der Waals surface area contributed by atoms with Crippen LogP contribution >= 0.6 is 24.0 Å². The van der Waals surface area contributed by atoms with Crippen molar-refractivity contribution < 1.29 is 19.0 Å². The molecule has 7 heteroatoms. The van der Waals surface area contributed by atoms with Gasteiger partial charge in [0.15, 0.2) is 11.5 Å². The number of benzene rings is 1. The molecule has 0 aromatic heterocycles. The highest BCUT2D eigenvalue weighted by atomic mass is 32.2. The average Bonchev–Trinajstić information content (AvgIpc) is 2.79. The fourth-order valence-corrected chi connectivity index (χ4v) is 3.28. The van der Waals surface area contributed by atoms with Crippen LogP contribution in [0.25, 0.3) is 6.08 Å². The zero-order valence-electron chi connectivity index (χ0n) is 12.6. The topological polar surface area (TPSA) is 48.0 Å². The van der Waals surface area contributed by atoms with E-state index in [0.717, 1.165) is 5.56 Å². The van der Waals surface area contributed by atoms with Crippen molar-refractivity contribution in [3.8, 4) is 11.5 Å². The summed E-state index contributed by atoms with van der Waals surface area (Å²) in [6, 6.07) is 5.49. The van der Waals surface area contributed by atoms with Crippen LogP contribution in [0.2, 0.25) is 0 Å². The first-order valence-corrected chi connectivity index (χ1v) is 7.79.